The van der Waals surface area contributed by atoms with Crippen LogP contribution in [0.2, 0.25) is 0 Å². The Labute approximate surface area is 170 Å². The third-order valence-corrected chi connectivity index (χ3v) is 6.30. The van der Waals surface area contributed by atoms with Crippen molar-refractivity contribution >= 4 is 5.82 Å². The summed E-state index contributed by atoms with van der Waals surface area (Å²) in [5, 5.41) is 23.0. The van der Waals surface area contributed by atoms with Crippen LogP contribution in [0.4, 0.5) is 10.2 Å². The van der Waals surface area contributed by atoms with Crippen LogP contribution in [-0.4, -0.2) is 59.2 Å². The van der Waals surface area contributed by atoms with Crippen molar-refractivity contribution in [3.63, 3.8) is 0 Å². The number of halogens is 1. The number of phenolic OH excluding ortho intramolecular Hbond substituents is 1. The number of nitrogens with one attached hydrogen (secondary N) is 1. The maximum absolute atomic E-state index is 14.1. The predicted octanol–water partition coefficient (Wildman–Crippen LogP) is 3.17. The number of hydrogen-bond acceptors (Lipinski definition) is 6. The molecule has 1 unspecified atom stereocenters. The molecule has 5 rings (SSSR count). The van der Waals surface area contributed by atoms with E-state index in [4.69, 9.17) is 4.74 Å². The van der Waals surface area contributed by atoms with Gasteiger partial charge in [-0.2, -0.15) is 0 Å². The fraction of sp³-hybridized carbons (Fsp3) is 0.545. The van der Waals surface area contributed by atoms with Gasteiger partial charge in [-0.05, 0) is 56.5 Å². The number of aromatic hydroxyl groups is 1. The number of nitrogens with zero attached hydrogens (tertiary/aromatic N) is 3. The first-order chi connectivity index (χ1) is 13.9. The Kier molecular flexibility index (Phi) is 4.47. The molecule has 1 aliphatic carbocycles. The maximum Gasteiger partial charge on any atom is 0.155 e. The number of hydrogen-bond donors (Lipinski definition) is 2. The van der Waals surface area contributed by atoms with E-state index in [1.807, 2.05) is 31.0 Å². The van der Waals surface area contributed by atoms with E-state index in [1.165, 1.54) is 0 Å². The van der Waals surface area contributed by atoms with Crippen molar-refractivity contribution in [3.8, 4) is 17.0 Å². The highest BCUT2D eigenvalue weighted by atomic mass is 19.1. The molecule has 1 spiro atoms. The van der Waals surface area contributed by atoms with E-state index < -0.39 is 6.17 Å². The Balaban J connectivity index is 1.57. The maximum atomic E-state index is 14.1. The minimum absolute atomic E-state index is 0.0153. The van der Waals surface area contributed by atoms with E-state index in [2.05, 4.69) is 15.5 Å². The average molecular weight is 398 g/mol. The van der Waals surface area contributed by atoms with Gasteiger partial charge in [0.25, 0.3) is 0 Å². The molecule has 2 aromatic rings. The van der Waals surface area contributed by atoms with Crippen LogP contribution in [-0.2, 0) is 16.8 Å². The summed E-state index contributed by atoms with van der Waals surface area (Å²) in [5.74, 6) is 0.924. The monoisotopic (exact) mass is 398 g/mol. The molecule has 2 fully saturated rings. The lowest BCUT2D eigenvalue weighted by Crippen LogP contribution is -2.45. The fourth-order valence-electron chi connectivity index (χ4n) is 4.84. The van der Waals surface area contributed by atoms with Crippen molar-refractivity contribution in [1.82, 2.24) is 15.1 Å². The lowest BCUT2D eigenvalue weighted by molar-refractivity contribution is 0.0200. The highest BCUT2D eigenvalue weighted by Crippen LogP contribution is 2.55. The quantitative estimate of drug-likeness (QED) is 0.828. The van der Waals surface area contributed by atoms with Crippen LogP contribution in [0.25, 0.3) is 11.3 Å². The van der Waals surface area contributed by atoms with E-state index in [0.717, 1.165) is 48.2 Å². The largest absolute Gasteiger partial charge is 0.507 e. The number of alkyl halides is 1. The van der Waals surface area contributed by atoms with Crippen molar-refractivity contribution in [1.29, 1.82) is 0 Å². The molecule has 0 amide bonds. The first kappa shape index (κ1) is 18.8. The smallest absolute Gasteiger partial charge is 0.155 e. The third kappa shape index (κ3) is 3.36. The molecule has 29 heavy (non-hydrogen) atoms. The average Bonchev–Trinajstić information content (AvgIpc) is 3.41. The van der Waals surface area contributed by atoms with Gasteiger partial charge in [0.05, 0.1) is 12.2 Å². The normalized spacial score (nSPS) is 25.6. The second-order valence-electron chi connectivity index (χ2n) is 8.76. The summed E-state index contributed by atoms with van der Waals surface area (Å²) in [6.45, 7) is 3.83. The first-order valence-corrected chi connectivity index (χ1v) is 10.4. The van der Waals surface area contributed by atoms with E-state index in [1.54, 1.807) is 6.07 Å². The number of aryl methyl sites for hydroxylation is 1. The summed E-state index contributed by atoms with van der Waals surface area (Å²) in [7, 11) is 1.94. The fourth-order valence-corrected chi connectivity index (χ4v) is 4.84. The van der Waals surface area contributed by atoms with Crippen molar-refractivity contribution in [2.75, 3.05) is 32.1 Å². The van der Waals surface area contributed by atoms with Crippen molar-refractivity contribution in [3.05, 3.63) is 34.9 Å². The molecule has 1 saturated heterocycles. The van der Waals surface area contributed by atoms with Gasteiger partial charge in [0.1, 0.15) is 17.6 Å². The second kappa shape index (κ2) is 6.92. The van der Waals surface area contributed by atoms with Gasteiger partial charge in [0.15, 0.2) is 5.82 Å². The van der Waals surface area contributed by atoms with Gasteiger partial charge >= 0.3 is 0 Å². The second-order valence-corrected chi connectivity index (χ2v) is 8.76. The van der Waals surface area contributed by atoms with Crippen molar-refractivity contribution in [2.24, 2.45) is 0 Å². The molecule has 2 N–H and O–H groups in total. The first-order valence-electron chi connectivity index (χ1n) is 10.4. The lowest BCUT2D eigenvalue weighted by atomic mass is 9.91. The van der Waals surface area contributed by atoms with E-state index >= 15 is 0 Å². The lowest BCUT2D eigenvalue weighted by Gasteiger charge is -2.35. The van der Waals surface area contributed by atoms with Gasteiger partial charge in [0, 0.05) is 36.7 Å². The Bertz CT molecular complexity index is 937. The zero-order valence-corrected chi connectivity index (χ0v) is 16.9. The Hall–Kier alpha value is -2.25. The van der Waals surface area contributed by atoms with Crippen LogP contribution in [0.1, 0.15) is 36.0 Å². The van der Waals surface area contributed by atoms with Crippen molar-refractivity contribution < 1.29 is 14.2 Å². The molecule has 1 aromatic heterocycles. The zero-order chi connectivity index (χ0) is 20.2. The summed E-state index contributed by atoms with van der Waals surface area (Å²) in [4.78, 5) is 2.01. The number of piperidine rings is 1. The summed E-state index contributed by atoms with van der Waals surface area (Å²) in [6, 6.07) is 5.61. The number of phenols is 1. The Morgan fingerprint density at radius 2 is 2.10 bits per heavy atom. The number of anilines is 1. The van der Waals surface area contributed by atoms with Crippen LogP contribution < -0.4 is 5.32 Å². The molecular formula is C22H27FN4O2. The molecule has 3 heterocycles. The SMILES string of the molecule is Cc1ccc(-c2nnc(NC3C[C@@H](F)CN(C)C3)c3c2CCOC32CC2)c(O)c1. The van der Waals surface area contributed by atoms with Gasteiger partial charge in [-0.25, -0.2) is 4.39 Å². The van der Waals surface area contributed by atoms with Crippen LogP contribution in [0.15, 0.2) is 18.2 Å². The minimum Gasteiger partial charge on any atom is -0.507 e. The van der Waals surface area contributed by atoms with Gasteiger partial charge in [0.2, 0.25) is 0 Å². The molecule has 1 aromatic carbocycles. The Morgan fingerprint density at radius 1 is 1.28 bits per heavy atom. The summed E-state index contributed by atoms with van der Waals surface area (Å²) < 4.78 is 20.2. The number of likely N-dealkylation sites (tertiary alicyclic amines) is 1. The number of rotatable bonds is 3. The molecule has 7 heteroatoms. The van der Waals surface area contributed by atoms with Gasteiger partial charge in [-0.3, -0.25) is 0 Å². The molecule has 1 saturated carbocycles. The molecule has 154 valence electrons. The highest BCUT2D eigenvalue weighted by molar-refractivity contribution is 5.74. The number of fused-ring (bicyclic) bond motifs is 2. The van der Waals surface area contributed by atoms with Crippen LogP contribution in [0, 0.1) is 6.92 Å². The summed E-state index contributed by atoms with van der Waals surface area (Å²) in [6.07, 6.45) is 2.26. The van der Waals surface area contributed by atoms with Crippen molar-refractivity contribution in [2.45, 2.75) is 50.4 Å². The number of ether oxygens (including phenoxy) is 1. The van der Waals surface area contributed by atoms with Gasteiger partial charge in [-0.15, -0.1) is 10.2 Å². The zero-order valence-electron chi connectivity index (χ0n) is 16.9. The number of benzene rings is 1. The molecule has 0 radical (unpaired) electrons. The Morgan fingerprint density at radius 3 is 2.83 bits per heavy atom. The topological polar surface area (TPSA) is 70.5 Å². The van der Waals surface area contributed by atoms with E-state index in [-0.39, 0.29) is 17.4 Å². The standard InChI is InChI=1S/C22H27FN4O2/c1-13-3-4-16(18(28)9-13)20-17-5-8-29-22(6-7-22)19(17)21(26-25-20)24-15-10-14(23)11-27(2)12-15/h3-4,9,14-15,28H,5-8,10-12H2,1-2H3,(H,24,26)/t14-,15?/m1/s1. The number of likely N-dealkylation sites (N-methyl/N-ethyl adjacent to an activating group) is 1. The van der Waals surface area contributed by atoms with E-state index in [0.29, 0.717) is 31.0 Å². The third-order valence-electron chi connectivity index (χ3n) is 6.30. The summed E-state index contributed by atoms with van der Waals surface area (Å²) >= 11 is 0. The van der Waals surface area contributed by atoms with Crippen LogP contribution in [0.3, 0.4) is 0 Å². The highest BCUT2D eigenvalue weighted by Gasteiger charge is 2.52. The minimum atomic E-state index is -0.843. The number of aromatic nitrogens is 2. The molecule has 2 atom stereocenters. The van der Waals surface area contributed by atoms with Crippen LogP contribution >= 0.6 is 0 Å². The van der Waals surface area contributed by atoms with Crippen LogP contribution in [0.5, 0.6) is 5.75 Å². The molecular weight excluding hydrogens is 371 g/mol. The summed E-state index contributed by atoms with van der Waals surface area (Å²) in [5.41, 5.74) is 4.25. The predicted molar refractivity (Wildman–Crippen MR) is 109 cm³/mol. The molecule has 3 aliphatic rings. The van der Waals surface area contributed by atoms with Gasteiger partial charge in [-0.1, -0.05) is 6.07 Å². The molecule has 0 bridgehead atoms. The molecule has 6 nitrogen and oxygen atoms in total. The van der Waals surface area contributed by atoms with E-state index in [9.17, 15) is 9.50 Å². The molecule has 2 aliphatic heterocycles. The van der Waals surface area contributed by atoms with Gasteiger partial charge < -0.3 is 20.1 Å².